The van der Waals surface area contributed by atoms with Crippen LogP contribution in [0, 0.1) is 0 Å². The van der Waals surface area contributed by atoms with Gasteiger partial charge in [0.15, 0.2) is 0 Å². The van der Waals surface area contributed by atoms with Gasteiger partial charge >= 0.3 is 0 Å². The first-order valence-corrected chi connectivity index (χ1v) is 13.4. The smallest absolute Gasteiger partial charge is 0.140 e. The van der Waals surface area contributed by atoms with Crippen molar-refractivity contribution in [3.05, 3.63) is 90.1 Å². The van der Waals surface area contributed by atoms with Crippen molar-refractivity contribution < 1.29 is 9.84 Å². The number of imidazole rings is 1. The maximum Gasteiger partial charge on any atom is 0.140 e. The molecule has 0 radical (unpaired) electrons. The van der Waals surface area contributed by atoms with Crippen LogP contribution in [0.15, 0.2) is 78.9 Å². The highest BCUT2D eigenvalue weighted by molar-refractivity contribution is 5.69. The molecule has 1 aromatic heterocycles. The zero-order valence-corrected chi connectivity index (χ0v) is 22.4. The van der Waals surface area contributed by atoms with E-state index in [1.54, 1.807) is 13.2 Å². The number of phenols is 1. The van der Waals surface area contributed by atoms with E-state index in [9.17, 15) is 5.11 Å². The van der Waals surface area contributed by atoms with Crippen molar-refractivity contribution in [3.8, 4) is 34.1 Å². The zero-order valence-electron chi connectivity index (χ0n) is 22.4. The summed E-state index contributed by atoms with van der Waals surface area (Å²) in [5, 5.41) is 10.1. The van der Waals surface area contributed by atoms with E-state index >= 15 is 0 Å². The van der Waals surface area contributed by atoms with Gasteiger partial charge in [-0.1, -0.05) is 69.2 Å². The van der Waals surface area contributed by atoms with Gasteiger partial charge in [-0.3, -0.25) is 4.90 Å². The molecule has 0 saturated carbocycles. The third-order valence-corrected chi connectivity index (χ3v) is 6.72. The fourth-order valence-corrected chi connectivity index (χ4v) is 4.71. The minimum atomic E-state index is 0.311. The Morgan fingerprint density at radius 3 is 2.27 bits per heavy atom. The normalized spacial score (nSPS) is 11.2. The summed E-state index contributed by atoms with van der Waals surface area (Å²) < 4.78 is 7.85. The minimum Gasteiger partial charge on any atom is -0.508 e. The van der Waals surface area contributed by atoms with Gasteiger partial charge in [-0.05, 0) is 61.3 Å². The molecule has 4 aromatic rings. The number of hydrogen-bond acceptors (Lipinski definition) is 4. The van der Waals surface area contributed by atoms with E-state index in [0.717, 1.165) is 85.8 Å². The van der Waals surface area contributed by atoms with Crippen LogP contribution in [0.3, 0.4) is 0 Å². The van der Waals surface area contributed by atoms with Gasteiger partial charge in [-0.25, -0.2) is 4.98 Å². The van der Waals surface area contributed by atoms with Crippen LogP contribution in [-0.2, 0) is 19.6 Å². The lowest BCUT2D eigenvalue weighted by Gasteiger charge is -2.24. The molecule has 0 saturated heterocycles. The van der Waals surface area contributed by atoms with Crippen LogP contribution in [0.4, 0.5) is 0 Å². The van der Waals surface area contributed by atoms with Crippen LogP contribution in [0.2, 0.25) is 0 Å². The van der Waals surface area contributed by atoms with E-state index in [0.29, 0.717) is 5.75 Å². The third-order valence-electron chi connectivity index (χ3n) is 6.72. The summed E-state index contributed by atoms with van der Waals surface area (Å²) in [4.78, 5) is 7.75. The number of unbranched alkanes of at least 4 members (excludes halogenated alkanes) is 2. The Balaban J connectivity index is 1.81. The van der Waals surface area contributed by atoms with Crippen LogP contribution < -0.4 is 4.74 Å². The summed E-state index contributed by atoms with van der Waals surface area (Å²) in [5.74, 6) is 2.17. The van der Waals surface area contributed by atoms with Gasteiger partial charge in [0.2, 0.25) is 0 Å². The Labute approximate surface area is 221 Å². The van der Waals surface area contributed by atoms with Crippen molar-refractivity contribution >= 4 is 0 Å². The Kier molecular flexibility index (Phi) is 9.39. The highest BCUT2D eigenvalue weighted by atomic mass is 16.5. The minimum absolute atomic E-state index is 0.311. The number of nitrogens with zero attached hydrogens (tertiary/aromatic N) is 3. The summed E-state index contributed by atoms with van der Waals surface area (Å²) in [6.07, 6.45) is 4.46. The molecular formula is C32H39N3O2. The summed E-state index contributed by atoms with van der Waals surface area (Å²) in [6, 6.07) is 26.3. The molecule has 0 fully saturated rings. The second-order valence-corrected chi connectivity index (χ2v) is 9.56. The van der Waals surface area contributed by atoms with Crippen molar-refractivity contribution in [2.45, 2.75) is 59.2 Å². The summed E-state index contributed by atoms with van der Waals surface area (Å²) in [5.41, 5.74) is 5.59. The zero-order chi connectivity index (χ0) is 26.0. The largest absolute Gasteiger partial charge is 0.508 e. The highest BCUT2D eigenvalue weighted by Gasteiger charge is 2.22. The molecule has 5 nitrogen and oxygen atoms in total. The van der Waals surface area contributed by atoms with E-state index in [-0.39, 0.29) is 0 Å². The quantitative estimate of drug-likeness (QED) is 0.207. The van der Waals surface area contributed by atoms with E-state index < -0.39 is 0 Å². The third kappa shape index (κ3) is 6.80. The number of rotatable bonds is 13. The SMILES string of the molecule is CCCCN(Cc1cccc(O)c1)Cc1c(-c2ccc(OC)cc2)nc(-c2ccccc2)n1CCCC. The molecule has 0 aliphatic heterocycles. The maximum absolute atomic E-state index is 10.1. The van der Waals surface area contributed by atoms with Crippen LogP contribution >= 0.6 is 0 Å². The lowest BCUT2D eigenvalue weighted by molar-refractivity contribution is 0.246. The van der Waals surface area contributed by atoms with Crippen molar-refractivity contribution in [2.24, 2.45) is 0 Å². The molecule has 3 aromatic carbocycles. The lowest BCUT2D eigenvalue weighted by atomic mass is 10.1. The average Bonchev–Trinajstić information content (AvgIpc) is 3.28. The van der Waals surface area contributed by atoms with Crippen LogP contribution in [0.25, 0.3) is 22.6 Å². The van der Waals surface area contributed by atoms with Crippen molar-refractivity contribution in [1.29, 1.82) is 0 Å². The van der Waals surface area contributed by atoms with Gasteiger partial charge in [0.05, 0.1) is 18.5 Å². The molecule has 0 spiro atoms. The van der Waals surface area contributed by atoms with Crippen molar-refractivity contribution in [2.75, 3.05) is 13.7 Å². The fourth-order valence-electron chi connectivity index (χ4n) is 4.71. The Bertz CT molecular complexity index is 1250. The molecule has 1 N–H and O–H groups in total. The number of hydrogen-bond donors (Lipinski definition) is 1. The molecule has 194 valence electrons. The number of phenolic OH excluding ortho intramolecular Hbond substituents is 1. The topological polar surface area (TPSA) is 50.5 Å². The Hall–Kier alpha value is -3.57. The monoisotopic (exact) mass is 497 g/mol. The Morgan fingerprint density at radius 1 is 0.838 bits per heavy atom. The van der Waals surface area contributed by atoms with E-state index in [4.69, 9.17) is 9.72 Å². The molecule has 5 heteroatoms. The first kappa shape index (κ1) is 26.5. The van der Waals surface area contributed by atoms with Gasteiger partial charge < -0.3 is 14.4 Å². The maximum atomic E-state index is 10.1. The standard InChI is InChI=1S/C32H39N3O2/c1-4-6-20-34(23-25-12-11-15-28(36)22-25)24-30-31(26-16-18-29(37-3)19-17-26)33-32(35(30)21-7-5-2)27-13-9-8-10-14-27/h8-19,22,36H,4-7,20-21,23-24H2,1-3H3. The van der Waals surface area contributed by atoms with Gasteiger partial charge in [0, 0.05) is 30.8 Å². The summed E-state index contributed by atoms with van der Waals surface area (Å²) in [7, 11) is 1.69. The number of ether oxygens (including phenoxy) is 1. The van der Waals surface area contributed by atoms with Crippen LogP contribution in [0.1, 0.15) is 50.8 Å². The van der Waals surface area contributed by atoms with E-state index in [1.807, 2.05) is 24.3 Å². The number of aromatic nitrogens is 2. The van der Waals surface area contributed by atoms with E-state index in [2.05, 4.69) is 71.8 Å². The number of benzene rings is 3. The van der Waals surface area contributed by atoms with Gasteiger partial charge in [-0.15, -0.1) is 0 Å². The Morgan fingerprint density at radius 2 is 1.59 bits per heavy atom. The summed E-state index contributed by atoms with van der Waals surface area (Å²) in [6.45, 7) is 7.92. The first-order chi connectivity index (χ1) is 18.1. The molecule has 1 heterocycles. The van der Waals surface area contributed by atoms with Gasteiger partial charge in [0.1, 0.15) is 17.3 Å². The number of methoxy groups -OCH3 is 1. The second kappa shape index (κ2) is 13.1. The molecule has 37 heavy (non-hydrogen) atoms. The second-order valence-electron chi connectivity index (χ2n) is 9.56. The average molecular weight is 498 g/mol. The van der Waals surface area contributed by atoms with Crippen molar-refractivity contribution in [3.63, 3.8) is 0 Å². The van der Waals surface area contributed by atoms with E-state index in [1.165, 1.54) is 5.69 Å². The van der Waals surface area contributed by atoms with Crippen LogP contribution in [0.5, 0.6) is 11.5 Å². The highest BCUT2D eigenvalue weighted by Crippen LogP contribution is 2.32. The van der Waals surface area contributed by atoms with Gasteiger partial charge in [0.25, 0.3) is 0 Å². The fraction of sp³-hybridized carbons (Fsp3) is 0.344. The van der Waals surface area contributed by atoms with Gasteiger partial charge in [-0.2, -0.15) is 0 Å². The number of aromatic hydroxyl groups is 1. The van der Waals surface area contributed by atoms with Crippen molar-refractivity contribution in [1.82, 2.24) is 14.5 Å². The molecule has 0 aliphatic rings. The predicted molar refractivity (Wildman–Crippen MR) is 152 cm³/mol. The lowest BCUT2D eigenvalue weighted by Crippen LogP contribution is -2.26. The molecule has 4 rings (SSSR count). The summed E-state index contributed by atoms with van der Waals surface area (Å²) >= 11 is 0. The molecule has 0 atom stereocenters. The molecule has 0 amide bonds. The molecule has 0 bridgehead atoms. The molecule has 0 unspecified atom stereocenters. The predicted octanol–water partition coefficient (Wildman–Crippen LogP) is 7.53. The molecule has 0 aliphatic carbocycles. The molecular weight excluding hydrogens is 458 g/mol. The van der Waals surface area contributed by atoms with Crippen LogP contribution in [-0.4, -0.2) is 33.2 Å². The first-order valence-electron chi connectivity index (χ1n) is 13.4.